The molecule has 1 N–H and O–H groups in total. The zero-order valence-corrected chi connectivity index (χ0v) is 11.2. The second-order valence-corrected chi connectivity index (χ2v) is 5.76. The molecule has 1 aromatic carbocycles. The molecule has 1 heterocycles. The molecule has 2 nitrogen and oxygen atoms in total. The molecule has 2 aliphatic rings. The molecule has 0 bridgehead atoms. The van der Waals surface area contributed by atoms with E-state index in [1.165, 1.54) is 36.8 Å². The van der Waals surface area contributed by atoms with Gasteiger partial charge < -0.3 is 10.1 Å². The lowest BCUT2D eigenvalue weighted by Gasteiger charge is -2.29. The summed E-state index contributed by atoms with van der Waals surface area (Å²) >= 11 is 0. The predicted molar refractivity (Wildman–Crippen MR) is 74.2 cm³/mol. The predicted octanol–water partition coefficient (Wildman–Crippen LogP) is 3.08. The van der Waals surface area contributed by atoms with Crippen molar-refractivity contribution < 1.29 is 4.74 Å². The van der Waals surface area contributed by atoms with Crippen molar-refractivity contribution in [3.05, 3.63) is 29.3 Å². The van der Waals surface area contributed by atoms with Gasteiger partial charge in [-0.25, -0.2) is 0 Å². The van der Waals surface area contributed by atoms with Crippen LogP contribution in [0, 0.1) is 0 Å². The third-order valence-corrected chi connectivity index (χ3v) is 4.20. The summed E-state index contributed by atoms with van der Waals surface area (Å²) in [5.41, 5.74) is 3.05. The molecule has 18 heavy (non-hydrogen) atoms. The first-order valence-corrected chi connectivity index (χ1v) is 7.33. The minimum atomic E-state index is 0.392. The van der Waals surface area contributed by atoms with Crippen molar-refractivity contribution in [3.63, 3.8) is 0 Å². The minimum absolute atomic E-state index is 0.392. The van der Waals surface area contributed by atoms with E-state index in [0.29, 0.717) is 12.1 Å². The molecule has 2 unspecified atom stereocenters. The number of hydrogen-bond donors (Lipinski definition) is 1. The molecule has 1 aliphatic carbocycles. The molecule has 2 heteroatoms. The van der Waals surface area contributed by atoms with E-state index in [1.807, 2.05) is 0 Å². The van der Waals surface area contributed by atoms with Gasteiger partial charge in [0.15, 0.2) is 0 Å². The lowest BCUT2D eigenvalue weighted by atomic mass is 9.92. The van der Waals surface area contributed by atoms with E-state index in [-0.39, 0.29) is 0 Å². The maximum absolute atomic E-state index is 6.15. The summed E-state index contributed by atoms with van der Waals surface area (Å²) in [7, 11) is 0. The van der Waals surface area contributed by atoms with E-state index >= 15 is 0 Å². The molecule has 1 saturated heterocycles. The third-order valence-electron chi connectivity index (χ3n) is 4.20. The van der Waals surface area contributed by atoms with Crippen LogP contribution >= 0.6 is 0 Å². The Kier molecular flexibility index (Phi) is 3.55. The number of ether oxygens (including phenoxy) is 1. The van der Waals surface area contributed by atoms with Gasteiger partial charge in [0.1, 0.15) is 11.9 Å². The average Bonchev–Trinajstić information content (AvgIpc) is 2.39. The molecular formula is C16H23NO. The van der Waals surface area contributed by atoms with Crippen LogP contribution < -0.4 is 10.1 Å². The van der Waals surface area contributed by atoms with Gasteiger partial charge in [-0.3, -0.25) is 0 Å². The Morgan fingerprint density at radius 3 is 2.83 bits per heavy atom. The van der Waals surface area contributed by atoms with Gasteiger partial charge in [0.25, 0.3) is 0 Å². The van der Waals surface area contributed by atoms with Crippen LogP contribution in [0.2, 0.25) is 0 Å². The van der Waals surface area contributed by atoms with Crippen molar-refractivity contribution >= 4 is 0 Å². The number of piperidine rings is 1. The molecule has 0 spiro atoms. The standard InChI is InChI=1S/C16H23NO/c1-12-10-16(8-9-17-12)18-15-7-6-13-4-2-3-5-14(13)11-15/h6-7,11-12,16-17H,2-5,8-10H2,1H3. The Hall–Kier alpha value is -1.02. The number of rotatable bonds is 2. The van der Waals surface area contributed by atoms with Crippen LogP contribution in [-0.4, -0.2) is 18.7 Å². The van der Waals surface area contributed by atoms with Crippen molar-refractivity contribution in [1.82, 2.24) is 5.32 Å². The van der Waals surface area contributed by atoms with Gasteiger partial charge in [-0.1, -0.05) is 6.07 Å². The smallest absolute Gasteiger partial charge is 0.120 e. The van der Waals surface area contributed by atoms with Crippen molar-refractivity contribution in [3.8, 4) is 5.75 Å². The van der Waals surface area contributed by atoms with Crippen molar-refractivity contribution in [2.75, 3.05) is 6.54 Å². The molecule has 1 aliphatic heterocycles. The topological polar surface area (TPSA) is 21.3 Å². The van der Waals surface area contributed by atoms with Crippen LogP contribution in [0.4, 0.5) is 0 Å². The largest absolute Gasteiger partial charge is 0.490 e. The average molecular weight is 245 g/mol. The van der Waals surface area contributed by atoms with E-state index in [0.717, 1.165) is 25.1 Å². The van der Waals surface area contributed by atoms with Gasteiger partial charge >= 0.3 is 0 Å². The molecule has 3 rings (SSSR count). The van der Waals surface area contributed by atoms with Crippen LogP contribution in [0.1, 0.15) is 43.7 Å². The highest BCUT2D eigenvalue weighted by molar-refractivity contribution is 5.37. The zero-order valence-electron chi connectivity index (χ0n) is 11.2. The molecule has 0 amide bonds. The molecule has 0 saturated carbocycles. The number of nitrogens with one attached hydrogen (secondary N) is 1. The third kappa shape index (κ3) is 2.69. The van der Waals surface area contributed by atoms with Gasteiger partial charge in [-0.05, 0) is 75.3 Å². The molecule has 0 radical (unpaired) electrons. The fraction of sp³-hybridized carbons (Fsp3) is 0.625. The second kappa shape index (κ2) is 5.31. The monoisotopic (exact) mass is 245 g/mol. The highest BCUT2D eigenvalue weighted by atomic mass is 16.5. The van der Waals surface area contributed by atoms with Gasteiger partial charge in [0, 0.05) is 6.04 Å². The summed E-state index contributed by atoms with van der Waals surface area (Å²) < 4.78 is 6.15. The summed E-state index contributed by atoms with van der Waals surface area (Å²) in [6.07, 6.45) is 7.80. The first kappa shape index (κ1) is 12.0. The van der Waals surface area contributed by atoms with Gasteiger partial charge in [-0.15, -0.1) is 0 Å². The van der Waals surface area contributed by atoms with Crippen molar-refractivity contribution in [2.24, 2.45) is 0 Å². The Bertz CT molecular complexity index is 416. The van der Waals surface area contributed by atoms with E-state index in [1.54, 1.807) is 0 Å². The molecule has 2 atom stereocenters. The zero-order chi connectivity index (χ0) is 12.4. The molecule has 0 aromatic heterocycles. The first-order valence-electron chi connectivity index (χ1n) is 7.33. The molecular weight excluding hydrogens is 222 g/mol. The van der Waals surface area contributed by atoms with E-state index in [2.05, 4.69) is 30.4 Å². The first-order chi connectivity index (χ1) is 8.81. The fourth-order valence-corrected chi connectivity index (χ4v) is 3.17. The number of hydrogen-bond acceptors (Lipinski definition) is 2. The normalized spacial score (nSPS) is 27.6. The quantitative estimate of drug-likeness (QED) is 0.864. The second-order valence-electron chi connectivity index (χ2n) is 5.76. The summed E-state index contributed by atoms with van der Waals surface area (Å²) in [6, 6.07) is 7.30. The highest BCUT2D eigenvalue weighted by Gasteiger charge is 2.20. The summed E-state index contributed by atoms with van der Waals surface area (Å²) in [5.74, 6) is 1.08. The Morgan fingerprint density at radius 2 is 2.00 bits per heavy atom. The summed E-state index contributed by atoms with van der Waals surface area (Å²) in [5, 5.41) is 3.47. The Morgan fingerprint density at radius 1 is 1.17 bits per heavy atom. The van der Waals surface area contributed by atoms with Crippen molar-refractivity contribution in [2.45, 2.75) is 57.6 Å². The van der Waals surface area contributed by atoms with E-state index in [4.69, 9.17) is 4.74 Å². The van der Waals surface area contributed by atoms with E-state index < -0.39 is 0 Å². The summed E-state index contributed by atoms with van der Waals surface area (Å²) in [6.45, 7) is 3.32. The van der Waals surface area contributed by atoms with E-state index in [9.17, 15) is 0 Å². The van der Waals surface area contributed by atoms with Gasteiger partial charge in [0.05, 0.1) is 0 Å². The van der Waals surface area contributed by atoms with Crippen molar-refractivity contribution in [1.29, 1.82) is 0 Å². The Labute approximate surface area is 110 Å². The minimum Gasteiger partial charge on any atom is -0.490 e. The van der Waals surface area contributed by atoms with Crippen LogP contribution in [0.5, 0.6) is 5.75 Å². The fourth-order valence-electron chi connectivity index (χ4n) is 3.17. The number of fused-ring (bicyclic) bond motifs is 1. The highest BCUT2D eigenvalue weighted by Crippen LogP contribution is 2.27. The number of aryl methyl sites for hydroxylation is 2. The molecule has 1 fully saturated rings. The van der Waals surface area contributed by atoms with Crippen LogP contribution in [0.15, 0.2) is 18.2 Å². The molecule has 1 aromatic rings. The van der Waals surface area contributed by atoms with Crippen LogP contribution in [0.25, 0.3) is 0 Å². The van der Waals surface area contributed by atoms with Gasteiger partial charge in [-0.2, -0.15) is 0 Å². The maximum Gasteiger partial charge on any atom is 0.120 e. The Balaban J connectivity index is 1.69. The number of benzene rings is 1. The summed E-state index contributed by atoms with van der Waals surface area (Å²) in [4.78, 5) is 0. The van der Waals surface area contributed by atoms with Crippen LogP contribution in [0.3, 0.4) is 0 Å². The van der Waals surface area contributed by atoms with Crippen LogP contribution in [-0.2, 0) is 12.8 Å². The maximum atomic E-state index is 6.15. The van der Waals surface area contributed by atoms with Gasteiger partial charge in [0.2, 0.25) is 0 Å². The SMILES string of the molecule is CC1CC(Oc2ccc3c(c2)CCCC3)CCN1. The lowest BCUT2D eigenvalue weighted by molar-refractivity contribution is 0.144. The lowest BCUT2D eigenvalue weighted by Crippen LogP contribution is -2.40. The molecule has 98 valence electrons.